The molecule has 3 rings (SSSR count). The molecule has 1 aromatic carbocycles. The number of fused-ring (bicyclic) bond motifs is 1. The van der Waals surface area contributed by atoms with Gasteiger partial charge in [0.25, 0.3) is 5.91 Å². The van der Waals surface area contributed by atoms with Gasteiger partial charge in [0, 0.05) is 30.6 Å². The van der Waals surface area contributed by atoms with Crippen LogP contribution in [0.1, 0.15) is 26.4 Å². The SMILES string of the molecule is Cn1ncc(C(=O)O)c1C(=O)N[C@H](Cc1c[nH]c2ccccc12)C(=O)O. The fourth-order valence-electron chi connectivity index (χ4n) is 2.81. The largest absolute Gasteiger partial charge is 0.480 e. The van der Waals surface area contributed by atoms with Crippen molar-refractivity contribution in [2.24, 2.45) is 7.05 Å². The van der Waals surface area contributed by atoms with Crippen molar-refractivity contribution >= 4 is 28.7 Å². The number of aromatic amines is 1. The van der Waals surface area contributed by atoms with E-state index < -0.39 is 23.9 Å². The number of H-pyrrole nitrogens is 1. The maximum Gasteiger partial charge on any atom is 0.339 e. The minimum Gasteiger partial charge on any atom is -0.480 e. The van der Waals surface area contributed by atoms with Crippen LogP contribution >= 0.6 is 0 Å². The normalized spacial score (nSPS) is 12.0. The van der Waals surface area contributed by atoms with Gasteiger partial charge in [-0.3, -0.25) is 9.48 Å². The Morgan fingerprint density at radius 2 is 2.00 bits per heavy atom. The molecule has 0 saturated carbocycles. The molecule has 9 heteroatoms. The van der Waals surface area contributed by atoms with Gasteiger partial charge in [0.1, 0.15) is 17.3 Å². The molecule has 1 amide bonds. The standard InChI is InChI=1S/C17H16N4O5/c1-21-14(11(8-19-21)16(23)24)15(22)20-13(17(25)26)6-9-7-18-12-5-3-2-4-10(9)12/h2-5,7-8,13,18H,6H2,1H3,(H,20,22)(H,23,24)(H,25,26)/t13-/m1/s1. The number of rotatable bonds is 6. The van der Waals surface area contributed by atoms with Crippen LogP contribution < -0.4 is 5.32 Å². The Labute approximate surface area is 147 Å². The number of para-hydroxylation sites is 1. The number of carbonyl (C=O) groups is 3. The number of nitrogens with one attached hydrogen (secondary N) is 2. The molecule has 0 aliphatic heterocycles. The van der Waals surface area contributed by atoms with Gasteiger partial charge >= 0.3 is 11.9 Å². The van der Waals surface area contributed by atoms with Crippen molar-refractivity contribution in [2.75, 3.05) is 0 Å². The van der Waals surface area contributed by atoms with Gasteiger partial charge in [0.05, 0.1) is 6.20 Å². The number of carbonyl (C=O) groups excluding carboxylic acids is 1. The monoisotopic (exact) mass is 356 g/mol. The fourth-order valence-corrected chi connectivity index (χ4v) is 2.81. The van der Waals surface area contributed by atoms with Crippen molar-refractivity contribution in [3.05, 3.63) is 53.5 Å². The minimum absolute atomic E-state index is 0.0470. The predicted molar refractivity (Wildman–Crippen MR) is 91.1 cm³/mol. The molecule has 0 unspecified atom stereocenters. The molecular formula is C17H16N4O5. The van der Waals surface area contributed by atoms with E-state index in [1.54, 1.807) is 6.20 Å². The molecular weight excluding hydrogens is 340 g/mol. The molecule has 2 aromatic heterocycles. The summed E-state index contributed by atoms with van der Waals surface area (Å²) < 4.78 is 1.10. The third-order valence-electron chi connectivity index (χ3n) is 4.09. The number of hydrogen-bond donors (Lipinski definition) is 4. The molecule has 2 heterocycles. The molecule has 3 aromatic rings. The Hall–Kier alpha value is -3.62. The number of carboxylic acid groups (broad SMARTS) is 2. The lowest BCUT2D eigenvalue weighted by Crippen LogP contribution is -2.43. The first-order valence-corrected chi connectivity index (χ1v) is 7.72. The molecule has 0 saturated heterocycles. The number of carboxylic acids is 2. The lowest BCUT2D eigenvalue weighted by Gasteiger charge is -2.14. The van der Waals surface area contributed by atoms with Crippen molar-refractivity contribution in [1.82, 2.24) is 20.1 Å². The van der Waals surface area contributed by atoms with Crippen LogP contribution in [0.15, 0.2) is 36.7 Å². The highest BCUT2D eigenvalue weighted by atomic mass is 16.4. The minimum atomic E-state index is -1.31. The number of benzene rings is 1. The molecule has 0 aliphatic rings. The first-order chi connectivity index (χ1) is 12.4. The van der Waals surface area contributed by atoms with E-state index >= 15 is 0 Å². The van der Waals surface area contributed by atoms with E-state index in [2.05, 4.69) is 15.4 Å². The highest BCUT2D eigenvalue weighted by Crippen LogP contribution is 2.19. The molecule has 0 radical (unpaired) electrons. The molecule has 0 bridgehead atoms. The lowest BCUT2D eigenvalue weighted by atomic mass is 10.0. The number of nitrogens with zero attached hydrogens (tertiary/aromatic N) is 2. The molecule has 1 atom stereocenters. The zero-order valence-corrected chi connectivity index (χ0v) is 13.8. The molecule has 0 aliphatic carbocycles. The summed E-state index contributed by atoms with van der Waals surface area (Å²) in [6.07, 6.45) is 2.79. The fraction of sp³-hybridized carbons (Fsp3) is 0.176. The summed E-state index contributed by atoms with van der Waals surface area (Å²) in [7, 11) is 1.41. The Morgan fingerprint density at radius 1 is 1.27 bits per heavy atom. The molecule has 26 heavy (non-hydrogen) atoms. The van der Waals surface area contributed by atoms with Crippen LogP contribution in [0.3, 0.4) is 0 Å². The summed E-state index contributed by atoms with van der Waals surface area (Å²) in [5, 5.41) is 25.6. The van der Waals surface area contributed by atoms with Crippen molar-refractivity contribution in [2.45, 2.75) is 12.5 Å². The zero-order valence-electron chi connectivity index (χ0n) is 13.8. The first-order valence-electron chi connectivity index (χ1n) is 7.72. The van der Waals surface area contributed by atoms with Crippen LogP contribution in [0.5, 0.6) is 0 Å². The lowest BCUT2D eigenvalue weighted by molar-refractivity contribution is -0.139. The third-order valence-corrected chi connectivity index (χ3v) is 4.09. The van der Waals surface area contributed by atoms with Gasteiger partial charge in [-0.15, -0.1) is 0 Å². The Balaban J connectivity index is 1.86. The number of aryl methyl sites for hydroxylation is 1. The summed E-state index contributed by atoms with van der Waals surface area (Å²) in [6, 6.07) is 6.18. The zero-order chi connectivity index (χ0) is 18.8. The van der Waals surface area contributed by atoms with Crippen LogP contribution in [0.2, 0.25) is 0 Å². The number of hydrogen-bond acceptors (Lipinski definition) is 4. The van der Waals surface area contributed by atoms with Crippen molar-refractivity contribution in [3.63, 3.8) is 0 Å². The van der Waals surface area contributed by atoms with Crippen LogP contribution in [0, 0.1) is 0 Å². The van der Waals surface area contributed by atoms with E-state index in [0.717, 1.165) is 27.3 Å². The summed E-state index contributed by atoms with van der Waals surface area (Å²) in [5.41, 5.74) is 1.10. The first kappa shape index (κ1) is 17.2. The van der Waals surface area contributed by atoms with E-state index in [1.165, 1.54) is 7.05 Å². The van der Waals surface area contributed by atoms with Crippen LogP contribution in [0.25, 0.3) is 10.9 Å². The molecule has 0 spiro atoms. The third kappa shape index (κ3) is 3.14. The van der Waals surface area contributed by atoms with Crippen molar-refractivity contribution < 1.29 is 24.6 Å². The van der Waals surface area contributed by atoms with Crippen LogP contribution in [-0.4, -0.2) is 48.9 Å². The van der Waals surface area contributed by atoms with Gasteiger partial charge in [0.2, 0.25) is 0 Å². The highest BCUT2D eigenvalue weighted by molar-refractivity contribution is 6.04. The predicted octanol–water partition coefficient (Wildman–Crippen LogP) is 1.03. The molecule has 0 fully saturated rings. The van der Waals surface area contributed by atoms with E-state index in [4.69, 9.17) is 5.11 Å². The second-order valence-corrected chi connectivity index (χ2v) is 5.76. The molecule has 9 nitrogen and oxygen atoms in total. The Bertz CT molecular complexity index is 1000. The summed E-state index contributed by atoms with van der Waals surface area (Å²) in [5.74, 6) is -3.34. The second-order valence-electron chi connectivity index (χ2n) is 5.76. The average Bonchev–Trinajstić information content (AvgIpc) is 3.18. The van der Waals surface area contributed by atoms with Gasteiger partial charge in [0.15, 0.2) is 0 Å². The summed E-state index contributed by atoms with van der Waals surface area (Å²) >= 11 is 0. The van der Waals surface area contributed by atoms with Crippen LogP contribution in [-0.2, 0) is 18.3 Å². The maximum atomic E-state index is 12.5. The van der Waals surface area contributed by atoms with Gasteiger partial charge in [-0.1, -0.05) is 18.2 Å². The highest BCUT2D eigenvalue weighted by Gasteiger charge is 2.27. The van der Waals surface area contributed by atoms with Crippen LogP contribution in [0.4, 0.5) is 0 Å². The van der Waals surface area contributed by atoms with E-state index in [1.807, 2.05) is 24.3 Å². The maximum absolute atomic E-state index is 12.5. The summed E-state index contributed by atoms with van der Waals surface area (Å²) in [4.78, 5) is 38.3. The Kier molecular flexibility index (Phi) is 4.44. The van der Waals surface area contributed by atoms with E-state index in [-0.39, 0.29) is 17.7 Å². The smallest absolute Gasteiger partial charge is 0.339 e. The van der Waals surface area contributed by atoms with Crippen molar-refractivity contribution in [3.8, 4) is 0 Å². The quantitative estimate of drug-likeness (QED) is 0.520. The van der Waals surface area contributed by atoms with Gasteiger partial charge in [-0.25, -0.2) is 9.59 Å². The average molecular weight is 356 g/mol. The number of amides is 1. The van der Waals surface area contributed by atoms with Gasteiger partial charge < -0.3 is 20.5 Å². The number of aromatic nitrogens is 3. The van der Waals surface area contributed by atoms with E-state index in [0.29, 0.717) is 0 Å². The number of aromatic carboxylic acids is 1. The molecule has 134 valence electrons. The molecule has 4 N–H and O–H groups in total. The number of aliphatic carboxylic acids is 1. The van der Waals surface area contributed by atoms with Gasteiger partial charge in [-0.05, 0) is 11.6 Å². The van der Waals surface area contributed by atoms with Crippen molar-refractivity contribution in [1.29, 1.82) is 0 Å². The van der Waals surface area contributed by atoms with Gasteiger partial charge in [-0.2, -0.15) is 5.10 Å². The summed E-state index contributed by atoms with van der Waals surface area (Å²) in [6.45, 7) is 0. The van der Waals surface area contributed by atoms with E-state index in [9.17, 15) is 19.5 Å². The topological polar surface area (TPSA) is 137 Å². The Morgan fingerprint density at radius 3 is 2.69 bits per heavy atom. The second kappa shape index (κ2) is 6.71.